The van der Waals surface area contributed by atoms with E-state index >= 15 is 0 Å². The maximum atomic E-state index is 2.33. The van der Waals surface area contributed by atoms with E-state index in [1.807, 2.05) is 0 Å². The molecule has 0 spiro atoms. The lowest BCUT2D eigenvalue weighted by Crippen LogP contribution is -2.09. The molecule has 11 aromatic rings. The Bertz CT molecular complexity index is 3100. The summed E-state index contributed by atoms with van der Waals surface area (Å²) < 4.78 is 0. The Kier molecular flexibility index (Phi) is 10.3. The summed E-state index contributed by atoms with van der Waals surface area (Å²) in [5, 5.41) is 5.03. The Morgan fingerprint density at radius 3 is 0.875 bits per heavy atom. The number of benzene rings is 11. The molecule has 0 fully saturated rings. The molecule has 0 saturated carbocycles. The molecule has 0 aliphatic heterocycles. The number of anilines is 6. The number of nitrogens with zero attached hydrogens (tertiary/aromatic N) is 2. The minimum absolute atomic E-state index is 1.10. The van der Waals surface area contributed by atoms with Crippen molar-refractivity contribution in [2.75, 3.05) is 9.80 Å². The highest BCUT2D eigenvalue weighted by Crippen LogP contribution is 2.40. The minimum Gasteiger partial charge on any atom is -0.311 e. The first-order chi connectivity index (χ1) is 31.7. The third-order valence-electron chi connectivity index (χ3n) is 12.3. The van der Waals surface area contributed by atoms with Crippen molar-refractivity contribution in [1.29, 1.82) is 0 Å². The molecule has 0 aliphatic rings. The van der Waals surface area contributed by atoms with Gasteiger partial charge < -0.3 is 9.80 Å². The first-order valence-corrected chi connectivity index (χ1v) is 21.9. The van der Waals surface area contributed by atoms with Crippen LogP contribution in [0.15, 0.2) is 267 Å². The molecule has 0 bridgehead atoms. The van der Waals surface area contributed by atoms with Crippen LogP contribution in [0.4, 0.5) is 34.1 Å². The van der Waals surface area contributed by atoms with Crippen molar-refractivity contribution >= 4 is 55.7 Å². The Morgan fingerprint density at radius 2 is 0.484 bits per heavy atom. The molecule has 0 N–H and O–H groups in total. The smallest absolute Gasteiger partial charge is 0.0462 e. The van der Waals surface area contributed by atoms with Gasteiger partial charge in [0.2, 0.25) is 0 Å². The van der Waals surface area contributed by atoms with Crippen LogP contribution in [-0.4, -0.2) is 0 Å². The summed E-state index contributed by atoms with van der Waals surface area (Å²) in [4.78, 5) is 4.65. The predicted molar refractivity (Wildman–Crippen MR) is 273 cm³/mol. The van der Waals surface area contributed by atoms with Crippen molar-refractivity contribution in [1.82, 2.24) is 0 Å². The normalized spacial score (nSPS) is 11.1. The van der Waals surface area contributed by atoms with Gasteiger partial charge in [-0.3, -0.25) is 0 Å². The monoisotopic (exact) mass is 816 g/mol. The molecule has 0 atom stereocenters. The summed E-state index contributed by atoms with van der Waals surface area (Å²) in [5.41, 5.74) is 16.2. The number of hydrogen-bond donors (Lipinski definition) is 0. The van der Waals surface area contributed by atoms with Crippen LogP contribution in [0, 0.1) is 0 Å². The fourth-order valence-electron chi connectivity index (χ4n) is 9.07. The average molecular weight is 817 g/mol. The molecule has 0 aliphatic carbocycles. The first kappa shape index (κ1) is 38.5. The van der Waals surface area contributed by atoms with E-state index in [-0.39, 0.29) is 0 Å². The molecule has 2 heteroatoms. The van der Waals surface area contributed by atoms with Crippen molar-refractivity contribution in [3.05, 3.63) is 267 Å². The van der Waals surface area contributed by atoms with E-state index in [4.69, 9.17) is 0 Å². The van der Waals surface area contributed by atoms with Gasteiger partial charge in [-0.25, -0.2) is 0 Å². The lowest BCUT2D eigenvalue weighted by atomic mass is 9.97. The highest BCUT2D eigenvalue weighted by Gasteiger charge is 2.16. The Morgan fingerprint density at radius 1 is 0.188 bits per heavy atom. The van der Waals surface area contributed by atoms with E-state index in [9.17, 15) is 0 Å². The molecule has 0 unspecified atom stereocenters. The molecule has 0 heterocycles. The molecule has 64 heavy (non-hydrogen) atoms. The summed E-state index contributed by atoms with van der Waals surface area (Å²) in [6, 6.07) is 96.1. The summed E-state index contributed by atoms with van der Waals surface area (Å²) in [6.07, 6.45) is 0. The second kappa shape index (κ2) is 17.1. The van der Waals surface area contributed by atoms with E-state index < -0.39 is 0 Å². The van der Waals surface area contributed by atoms with E-state index in [1.54, 1.807) is 0 Å². The van der Waals surface area contributed by atoms with Crippen LogP contribution in [0.5, 0.6) is 0 Å². The van der Waals surface area contributed by atoms with E-state index in [2.05, 4.69) is 277 Å². The van der Waals surface area contributed by atoms with Crippen LogP contribution in [0.1, 0.15) is 0 Å². The largest absolute Gasteiger partial charge is 0.311 e. The van der Waals surface area contributed by atoms with Crippen molar-refractivity contribution in [3.8, 4) is 44.5 Å². The molecule has 302 valence electrons. The maximum absolute atomic E-state index is 2.33. The molecule has 11 rings (SSSR count). The summed E-state index contributed by atoms with van der Waals surface area (Å²) in [7, 11) is 0. The predicted octanol–water partition coefficient (Wildman–Crippen LogP) is 17.6. The first-order valence-electron chi connectivity index (χ1n) is 21.9. The van der Waals surface area contributed by atoms with Crippen LogP contribution >= 0.6 is 0 Å². The van der Waals surface area contributed by atoms with Crippen LogP contribution < -0.4 is 9.80 Å². The zero-order valence-corrected chi connectivity index (χ0v) is 35.3. The van der Waals surface area contributed by atoms with Crippen molar-refractivity contribution in [3.63, 3.8) is 0 Å². The quantitative estimate of drug-likeness (QED) is 0.136. The number of rotatable bonds is 10. The third kappa shape index (κ3) is 7.59. The average Bonchev–Trinajstić information content (AvgIpc) is 3.38. The van der Waals surface area contributed by atoms with Gasteiger partial charge in [0, 0.05) is 34.1 Å². The van der Waals surface area contributed by atoms with Gasteiger partial charge >= 0.3 is 0 Å². The van der Waals surface area contributed by atoms with Gasteiger partial charge in [0.1, 0.15) is 0 Å². The SMILES string of the molecule is c1ccc(N(c2ccc(-c3cccc(-c4ccc(N(c5ccccc5)c5ccc(-c6cccc7ccccc67)cc5)cc4)c3)cc2)c2ccc(-c3cccc4ccccc34)cc2)cc1. The number of para-hydroxylation sites is 2. The second-order valence-corrected chi connectivity index (χ2v) is 16.2. The lowest BCUT2D eigenvalue weighted by molar-refractivity contribution is 1.28. The molecular weight excluding hydrogens is 773 g/mol. The van der Waals surface area contributed by atoms with Crippen molar-refractivity contribution < 1.29 is 0 Å². The summed E-state index contributed by atoms with van der Waals surface area (Å²) >= 11 is 0. The second-order valence-electron chi connectivity index (χ2n) is 16.2. The van der Waals surface area contributed by atoms with Gasteiger partial charge in [-0.2, -0.15) is 0 Å². The van der Waals surface area contributed by atoms with E-state index in [0.29, 0.717) is 0 Å². The van der Waals surface area contributed by atoms with Gasteiger partial charge in [0.05, 0.1) is 0 Å². The summed E-state index contributed by atoms with van der Waals surface area (Å²) in [5.74, 6) is 0. The van der Waals surface area contributed by atoms with Crippen LogP contribution in [-0.2, 0) is 0 Å². The van der Waals surface area contributed by atoms with Crippen LogP contribution in [0.25, 0.3) is 66.1 Å². The van der Waals surface area contributed by atoms with Gasteiger partial charge in [-0.15, -0.1) is 0 Å². The molecule has 0 aromatic heterocycles. The zero-order valence-electron chi connectivity index (χ0n) is 35.3. The van der Waals surface area contributed by atoms with Crippen LogP contribution in [0.2, 0.25) is 0 Å². The van der Waals surface area contributed by atoms with Crippen molar-refractivity contribution in [2.24, 2.45) is 0 Å². The molecular formula is C62H44N2. The third-order valence-corrected chi connectivity index (χ3v) is 12.3. The standard InChI is InChI=1S/C62H44N2/c1-3-20-53(21-4-1)63(57-40-32-49(33-41-57)61-26-12-16-47-14-7-9-24-59(47)61)55-36-28-45(29-37-55)51-18-11-19-52(44-51)46-30-38-56(39-31-46)64(54-22-5-2-6-23-54)58-42-34-50(35-43-58)62-27-13-17-48-15-8-10-25-60(48)62/h1-44H. The molecule has 0 saturated heterocycles. The summed E-state index contributed by atoms with van der Waals surface area (Å²) in [6.45, 7) is 0. The molecule has 2 nitrogen and oxygen atoms in total. The van der Waals surface area contributed by atoms with E-state index in [0.717, 1.165) is 34.1 Å². The van der Waals surface area contributed by atoms with Crippen LogP contribution in [0.3, 0.4) is 0 Å². The number of fused-ring (bicyclic) bond motifs is 2. The molecule has 0 amide bonds. The Balaban J connectivity index is 0.862. The Labute approximate surface area is 375 Å². The fraction of sp³-hybridized carbons (Fsp3) is 0. The maximum Gasteiger partial charge on any atom is 0.0462 e. The lowest BCUT2D eigenvalue weighted by Gasteiger charge is -2.26. The van der Waals surface area contributed by atoms with Crippen molar-refractivity contribution in [2.45, 2.75) is 0 Å². The topological polar surface area (TPSA) is 6.48 Å². The molecule has 0 radical (unpaired) electrons. The number of hydrogen-bond acceptors (Lipinski definition) is 2. The Hall–Kier alpha value is -8.46. The zero-order chi connectivity index (χ0) is 42.7. The highest BCUT2D eigenvalue weighted by molar-refractivity contribution is 5.98. The van der Waals surface area contributed by atoms with Gasteiger partial charge in [-0.1, -0.05) is 188 Å². The minimum atomic E-state index is 1.10. The van der Waals surface area contributed by atoms with Gasteiger partial charge in [-0.05, 0) is 145 Å². The highest BCUT2D eigenvalue weighted by atomic mass is 15.1. The van der Waals surface area contributed by atoms with Gasteiger partial charge in [0.15, 0.2) is 0 Å². The van der Waals surface area contributed by atoms with E-state index in [1.165, 1.54) is 66.1 Å². The fourth-order valence-corrected chi connectivity index (χ4v) is 9.07. The molecule has 11 aromatic carbocycles. The van der Waals surface area contributed by atoms with Gasteiger partial charge in [0.25, 0.3) is 0 Å².